The van der Waals surface area contributed by atoms with Crippen LogP contribution in [0.4, 0.5) is 0 Å². The van der Waals surface area contributed by atoms with Crippen molar-refractivity contribution in [2.45, 2.75) is 31.3 Å². The lowest BCUT2D eigenvalue weighted by atomic mass is 9.81. The molecule has 1 aliphatic rings. The van der Waals surface area contributed by atoms with Gasteiger partial charge < -0.3 is 10.8 Å². The van der Waals surface area contributed by atoms with Gasteiger partial charge >= 0.3 is 0 Å². The molecule has 0 saturated heterocycles. The third kappa shape index (κ3) is 1.52. The third-order valence-electron chi connectivity index (χ3n) is 2.80. The van der Waals surface area contributed by atoms with E-state index < -0.39 is 5.60 Å². The van der Waals surface area contributed by atoms with Crippen molar-refractivity contribution in [3.63, 3.8) is 0 Å². The highest BCUT2D eigenvalue weighted by Gasteiger charge is 2.33. The topological polar surface area (TPSA) is 46.2 Å². The van der Waals surface area contributed by atoms with Crippen LogP contribution in [0.5, 0.6) is 0 Å². The van der Waals surface area contributed by atoms with Crippen LogP contribution >= 0.6 is 11.3 Å². The van der Waals surface area contributed by atoms with E-state index in [1.165, 1.54) is 4.88 Å². The van der Waals surface area contributed by atoms with E-state index in [1.807, 2.05) is 0 Å². The molecule has 0 aromatic carbocycles. The first-order valence-corrected chi connectivity index (χ1v) is 5.63. The largest absolute Gasteiger partial charge is 0.385 e. The SMILES string of the molecule is NCCC1(O)CCCc2sccc21. The van der Waals surface area contributed by atoms with E-state index in [4.69, 9.17) is 5.73 Å². The van der Waals surface area contributed by atoms with Crippen molar-refractivity contribution in [1.82, 2.24) is 0 Å². The molecule has 1 heterocycles. The summed E-state index contributed by atoms with van der Waals surface area (Å²) in [5.74, 6) is 0. The second-order valence-electron chi connectivity index (χ2n) is 3.68. The van der Waals surface area contributed by atoms with E-state index in [-0.39, 0.29) is 0 Å². The quantitative estimate of drug-likeness (QED) is 0.757. The minimum absolute atomic E-state index is 0.561. The minimum atomic E-state index is -0.623. The van der Waals surface area contributed by atoms with Crippen molar-refractivity contribution in [2.24, 2.45) is 5.73 Å². The van der Waals surface area contributed by atoms with Crippen LogP contribution in [-0.2, 0) is 12.0 Å². The van der Waals surface area contributed by atoms with Crippen molar-refractivity contribution >= 4 is 11.3 Å². The summed E-state index contributed by atoms with van der Waals surface area (Å²) in [6.45, 7) is 0.561. The molecule has 1 atom stereocenters. The van der Waals surface area contributed by atoms with Gasteiger partial charge in [-0.2, -0.15) is 0 Å². The van der Waals surface area contributed by atoms with Gasteiger partial charge in [0, 0.05) is 4.88 Å². The Balaban J connectivity index is 2.33. The fraction of sp³-hybridized carbons (Fsp3) is 0.600. The summed E-state index contributed by atoms with van der Waals surface area (Å²) >= 11 is 1.75. The first-order valence-electron chi connectivity index (χ1n) is 4.75. The average molecular weight is 197 g/mol. The summed E-state index contributed by atoms with van der Waals surface area (Å²) < 4.78 is 0. The Morgan fingerprint density at radius 2 is 2.46 bits per heavy atom. The maximum Gasteiger partial charge on any atom is 0.0919 e. The average Bonchev–Trinajstić information content (AvgIpc) is 2.54. The Kier molecular flexibility index (Phi) is 2.41. The Morgan fingerprint density at radius 3 is 3.23 bits per heavy atom. The monoisotopic (exact) mass is 197 g/mol. The van der Waals surface area contributed by atoms with Crippen LogP contribution < -0.4 is 5.73 Å². The third-order valence-corrected chi connectivity index (χ3v) is 3.78. The maximum absolute atomic E-state index is 10.3. The number of hydrogen-bond acceptors (Lipinski definition) is 3. The zero-order valence-corrected chi connectivity index (χ0v) is 8.44. The van der Waals surface area contributed by atoms with Crippen molar-refractivity contribution < 1.29 is 5.11 Å². The molecule has 72 valence electrons. The van der Waals surface area contributed by atoms with E-state index >= 15 is 0 Å². The van der Waals surface area contributed by atoms with E-state index in [0.29, 0.717) is 13.0 Å². The molecule has 0 spiro atoms. The van der Waals surface area contributed by atoms with Gasteiger partial charge in [0.05, 0.1) is 5.60 Å². The summed E-state index contributed by atoms with van der Waals surface area (Å²) in [5, 5.41) is 12.4. The van der Waals surface area contributed by atoms with Crippen LogP contribution in [0.2, 0.25) is 0 Å². The molecule has 0 fully saturated rings. The molecule has 2 rings (SSSR count). The van der Waals surface area contributed by atoms with Gasteiger partial charge in [0.2, 0.25) is 0 Å². The van der Waals surface area contributed by atoms with E-state index in [2.05, 4.69) is 11.4 Å². The van der Waals surface area contributed by atoms with Crippen LogP contribution in [0.3, 0.4) is 0 Å². The van der Waals surface area contributed by atoms with Crippen LogP contribution in [0.25, 0.3) is 0 Å². The fourth-order valence-electron chi connectivity index (χ4n) is 2.12. The molecular weight excluding hydrogens is 182 g/mol. The normalized spacial score (nSPS) is 27.2. The summed E-state index contributed by atoms with van der Waals surface area (Å²) in [6, 6.07) is 2.05. The van der Waals surface area contributed by atoms with E-state index in [9.17, 15) is 5.11 Å². The highest BCUT2D eigenvalue weighted by molar-refractivity contribution is 7.10. The standard InChI is InChI=1S/C10H15NOS/c11-6-5-10(12)4-1-2-9-8(10)3-7-13-9/h3,7,12H,1-2,4-6,11H2. The first kappa shape index (κ1) is 9.19. The van der Waals surface area contributed by atoms with Crippen molar-refractivity contribution in [2.75, 3.05) is 6.54 Å². The number of nitrogens with two attached hydrogens (primary N) is 1. The zero-order valence-electron chi connectivity index (χ0n) is 7.62. The molecule has 3 N–H and O–H groups in total. The lowest BCUT2D eigenvalue weighted by Gasteiger charge is -2.32. The van der Waals surface area contributed by atoms with Gasteiger partial charge in [-0.05, 0) is 49.2 Å². The van der Waals surface area contributed by atoms with Gasteiger partial charge in [-0.15, -0.1) is 11.3 Å². The van der Waals surface area contributed by atoms with Gasteiger partial charge in [-0.1, -0.05) is 0 Å². The molecule has 1 unspecified atom stereocenters. The molecule has 1 aromatic heterocycles. The molecule has 1 aromatic rings. The lowest BCUT2D eigenvalue weighted by molar-refractivity contribution is 0.0134. The minimum Gasteiger partial charge on any atom is -0.385 e. The first-order chi connectivity index (χ1) is 6.26. The number of aryl methyl sites for hydroxylation is 1. The van der Waals surface area contributed by atoms with Gasteiger partial charge in [-0.3, -0.25) is 0 Å². The van der Waals surface area contributed by atoms with Crippen LogP contribution in [-0.4, -0.2) is 11.7 Å². The molecule has 2 nitrogen and oxygen atoms in total. The maximum atomic E-state index is 10.3. The van der Waals surface area contributed by atoms with Crippen molar-refractivity contribution in [3.8, 4) is 0 Å². The van der Waals surface area contributed by atoms with Crippen LogP contribution in [0, 0.1) is 0 Å². The van der Waals surface area contributed by atoms with Gasteiger partial charge in [0.25, 0.3) is 0 Å². The predicted molar refractivity (Wildman–Crippen MR) is 54.8 cm³/mol. The van der Waals surface area contributed by atoms with Crippen LogP contribution in [0.1, 0.15) is 29.7 Å². The molecule has 0 aliphatic heterocycles. The molecule has 1 aliphatic carbocycles. The summed E-state index contributed by atoms with van der Waals surface area (Å²) in [5.41, 5.74) is 6.02. The second kappa shape index (κ2) is 3.40. The highest BCUT2D eigenvalue weighted by atomic mass is 32.1. The molecule has 0 saturated carbocycles. The summed E-state index contributed by atoms with van der Waals surface area (Å²) in [6.07, 6.45) is 3.77. The van der Waals surface area contributed by atoms with E-state index in [1.54, 1.807) is 11.3 Å². The number of rotatable bonds is 2. The summed E-state index contributed by atoms with van der Waals surface area (Å²) in [7, 11) is 0. The highest BCUT2D eigenvalue weighted by Crippen LogP contribution is 2.39. The zero-order chi connectivity index (χ0) is 9.31. The van der Waals surface area contributed by atoms with Crippen molar-refractivity contribution in [3.05, 3.63) is 21.9 Å². The smallest absolute Gasteiger partial charge is 0.0919 e. The Hall–Kier alpha value is -0.380. The van der Waals surface area contributed by atoms with Gasteiger partial charge in [0.1, 0.15) is 0 Å². The van der Waals surface area contributed by atoms with Crippen LogP contribution in [0.15, 0.2) is 11.4 Å². The number of aliphatic hydroxyl groups is 1. The summed E-state index contributed by atoms with van der Waals surface area (Å²) in [4.78, 5) is 1.35. The Morgan fingerprint density at radius 1 is 1.62 bits per heavy atom. The predicted octanol–water partition coefficient (Wildman–Crippen LogP) is 1.62. The molecule has 0 radical (unpaired) electrons. The number of hydrogen-bond donors (Lipinski definition) is 2. The lowest BCUT2D eigenvalue weighted by Crippen LogP contribution is -2.31. The Labute approximate surface area is 82.4 Å². The molecule has 3 heteroatoms. The second-order valence-corrected chi connectivity index (χ2v) is 4.68. The molecule has 0 bridgehead atoms. The molecule has 0 amide bonds. The Bertz CT molecular complexity index is 297. The van der Waals surface area contributed by atoms with Gasteiger partial charge in [0.15, 0.2) is 0 Å². The van der Waals surface area contributed by atoms with Crippen molar-refractivity contribution in [1.29, 1.82) is 0 Å². The van der Waals surface area contributed by atoms with E-state index in [0.717, 1.165) is 24.8 Å². The van der Waals surface area contributed by atoms with Gasteiger partial charge in [-0.25, -0.2) is 0 Å². The molecular formula is C10H15NOS. The number of thiophene rings is 1. The molecule has 13 heavy (non-hydrogen) atoms. The fourth-order valence-corrected chi connectivity index (χ4v) is 3.14. The number of fused-ring (bicyclic) bond motifs is 1.